The Labute approximate surface area is 195 Å². The number of hydrogen-bond donors (Lipinski definition) is 1. The highest BCUT2D eigenvalue weighted by molar-refractivity contribution is 6.35. The summed E-state index contributed by atoms with van der Waals surface area (Å²) in [4.78, 5) is 22.2. The van der Waals surface area contributed by atoms with Gasteiger partial charge in [-0.3, -0.25) is 4.79 Å². The summed E-state index contributed by atoms with van der Waals surface area (Å²) >= 11 is 11.9. The zero-order valence-electron chi connectivity index (χ0n) is 17.2. The number of rotatable bonds is 7. The zero-order valence-corrected chi connectivity index (χ0v) is 18.7. The molecule has 1 aromatic carbocycles. The van der Waals surface area contributed by atoms with E-state index in [0.717, 1.165) is 31.4 Å². The molecule has 1 fully saturated rings. The molecule has 0 bridgehead atoms. The van der Waals surface area contributed by atoms with Crippen molar-refractivity contribution in [1.82, 2.24) is 4.57 Å². The third-order valence-electron chi connectivity index (χ3n) is 4.76. The number of nitrogens with zero attached hydrogens (tertiary/aromatic N) is 1. The maximum atomic E-state index is 12.2. The molecule has 0 amide bonds. The minimum atomic E-state index is -1.03. The van der Waals surface area contributed by atoms with Crippen molar-refractivity contribution in [3.05, 3.63) is 86.6 Å². The molecule has 1 atom stereocenters. The lowest BCUT2D eigenvalue weighted by Gasteiger charge is -2.12. The van der Waals surface area contributed by atoms with Crippen LogP contribution in [0.4, 0.5) is 0 Å². The van der Waals surface area contributed by atoms with Crippen molar-refractivity contribution >= 4 is 29.2 Å². The number of pyridine rings is 1. The van der Waals surface area contributed by atoms with Crippen molar-refractivity contribution in [2.45, 2.75) is 31.9 Å². The van der Waals surface area contributed by atoms with Crippen LogP contribution in [0.1, 0.15) is 29.0 Å². The van der Waals surface area contributed by atoms with E-state index in [9.17, 15) is 9.59 Å². The minimum absolute atomic E-state index is 0.0231. The second kappa shape index (κ2) is 11.8. The van der Waals surface area contributed by atoms with Gasteiger partial charge in [0.2, 0.25) is 5.76 Å². The van der Waals surface area contributed by atoms with E-state index in [0.29, 0.717) is 28.9 Å². The van der Waals surface area contributed by atoms with Gasteiger partial charge in [-0.25, -0.2) is 4.79 Å². The number of carboxylic acid groups (broad SMARTS) is 1. The standard InChI is InChI=1S/C18H19Cl2NO3.C5H4O3/c19-14-3-4-17(16(20)12-14)24-9-7-21-6-5-13(11-18(21)22)10-15-2-1-8-23-15;6-5(7)4-2-1-3-8-4/h3-6,11-12,15H,1-2,7-10H2;1-3H,(H,6,7). The van der Waals surface area contributed by atoms with Gasteiger partial charge < -0.3 is 23.6 Å². The number of aromatic nitrogens is 1. The number of ether oxygens (including phenoxy) is 2. The maximum absolute atomic E-state index is 12.2. The molecule has 3 aromatic rings. The van der Waals surface area contributed by atoms with Crippen molar-refractivity contribution in [3.8, 4) is 5.75 Å². The van der Waals surface area contributed by atoms with Gasteiger partial charge in [-0.2, -0.15) is 0 Å². The number of carboxylic acids is 1. The van der Waals surface area contributed by atoms with E-state index in [-0.39, 0.29) is 17.4 Å². The van der Waals surface area contributed by atoms with Gasteiger partial charge in [0, 0.05) is 23.9 Å². The van der Waals surface area contributed by atoms with Gasteiger partial charge in [0.1, 0.15) is 12.4 Å². The Morgan fingerprint density at radius 2 is 2.06 bits per heavy atom. The number of carbonyl (C=O) groups is 1. The first-order valence-corrected chi connectivity index (χ1v) is 10.8. The number of hydrogen-bond acceptors (Lipinski definition) is 5. The van der Waals surface area contributed by atoms with Crippen LogP contribution in [0.15, 0.2) is 64.1 Å². The summed E-state index contributed by atoms with van der Waals surface area (Å²) in [6.07, 6.45) is 6.34. The quantitative estimate of drug-likeness (QED) is 0.516. The van der Waals surface area contributed by atoms with Crippen molar-refractivity contribution in [3.63, 3.8) is 0 Å². The summed E-state index contributed by atoms with van der Waals surface area (Å²) in [6.45, 7) is 1.64. The molecule has 1 aliphatic rings. The Bertz CT molecular complexity index is 1070. The van der Waals surface area contributed by atoms with Gasteiger partial charge in [0.25, 0.3) is 5.56 Å². The van der Waals surface area contributed by atoms with Crippen LogP contribution < -0.4 is 10.3 Å². The van der Waals surface area contributed by atoms with E-state index in [1.54, 1.807) is 35.0 Å². The largest absolute Gasteiger partial charge is 0.490 e. The molecule has 0 spiro atoms. The third-order valence-corrected chi connectivity index (χ3v) is 5.29. The van der Waals surface area contributed by atoms with Gasteiger partial charge in [-0.1, -0.05) is 23.2 Å². The first-order chi connectivity index (χ1) is 15.4. The topological polar surface area (TPSA) is 90.9 Å². The van der Waals surface area contributed by atoms with Crippen molar-refractivity contribution < 1.29 is 23.8 Å². The first kappa shape index (κ1) is 23.9. The van der Waals surface area contributed by atoms with Gasteiger partial charge in [0.05, 0.1) is 23.9 Å². The summed E-state index contributed by atoms with van der Waals surface area (Å²) < 4.78 is 17.4. The molecule has 7 nitrogen and oxygen atoms in total. The molecule has 1 aliphatic heterocycles. The molecule has 0 saturated carbocycles. The van der Waals surface area contributed by atoms with Crippen LogP contribution in [0.3, 0.4) is 0 Å². The van der Waals surface area contributed by atoms with Crippen LogP contribution in [0, 0.1) is 0 Å². The normalized spacial score (nSPS) is 15.1. The lowest BCUT2D eigenvalue weighted by atomic mass is 10.1. The fraction of sp³-hybridized carbons (Fsp3) is 0.304. The second-order valence-electron chi connectivity index (χ2n) is 7.11. The molecule has 0 aliphatic carbocycles. The second-order valence-corrected chi connectivity index (χ2v) is 7.96. The molecule has 3 heterocycles. The van der Waals surface area contributed by atoms with Crippen LogP contribution in [0.5, 0.6) is 5.75 Å². The van der Waals surface area contributed by atoms with E-state index in [4.69, 9.17) is 37.8 Å². The van der Waals surface area contributed by atoms with Crippen LogP contribution >= 0.6 is 23.2 Å². The Hall–Kier alpha value is -2.74. The average molecular weight is 480 g/mol. The maximum Gasteiger partial charge on any atom is 0.371 e. The van der Waals surface area contributed by atoms with Gasteiger partial charge in [0.15, 0.2) is 0 Å². The van der Waals surface area contributed by atoms with Gasteiger partial charge >= 0.3 is 5.97 Å². The van der Waals surface area contributed by atoms with E-state index in [1.165, 1.54) is 18.4 Å². The van der Waals surface area contributed by atoms with Crippen LogP contribution in [0.2, 0.25) is 10.0 Å². The number of halogens is 2. The molecule has 1 saturated heterocycles. The van der Waals surface area contributed by atoms with Crippen molar-refractivity contribution in [1.29, 1.82) is 0 Å². The van der Waals surface area contributed by atoms with Gasteiger partial charge in [-0.15, -0.1) is 0 Å². The lowest BCUT2D eigenvalue weighted by Crippen LogP contribution is -2.23. The van der Waals surface area contributed by atoms with Crippen LogP contribution in [0.25, 0.3) is 0 Å². The molecule has 1 N–H and O–H groups in total. The summed E-state index contributed by atoms with van der Waals surface area (Å²) in [7, 11) is 0. The highest BCUT2D eigenvalue weighted by Gasteiger charge is 2.16. The molecule has 170 valence electrons. The predicted octanol–water partition coefficient (Wildman–Crippen LogP) is 4.93. The SMILES string of the molecule is O=C(O)c1ccco1.O=c1cc(CC2CCCO2)ccn1CCOc1ccc(Cl)cc1Cl. The molecule has 0 radical (unpaired) electrons. The minimum Gasteiger partial charge on any atom is -0.490 e. The monoisotopic (exact) mass is 479 g/mol. The predicted molar refractivity (Wildman–Crippen MR) is 121 cm³/mol. The summed E-state index contributed by atoms with van der Waals surface area (Å²) in [5, 5.41) is 9.20. The summed E-state index contributed by atoms with van der Waals surface area (Å²) in [5.41, 5.74) is 0.987. The Morgan fingerprint density at radius 3 is 2.66 bits per heavy atom. The lowest BCUT2D eigenvalue weighted by molar-refractivity contribution is 0.0662. The number of benzene rings is 1. The number of furan rings is 1. The van der Waals surface area contributed by atoms with Crippen molar-refractivity contribution in [2.75, 3.05) is 13.2 Å². The molecule has 9 heteroatoms. The van der Waals surface area contributed by atoms with E-state index < -0.39 is 5.97 Å². The zero-order chi connectivity index (χ0) is 22.9. The molecule has 2 aromatic heterocycles. The number of aromatic carboxylic acids is 1. The van der Waals surface area contributed by atoms with E-state index >= 15 is 0 Å². The molecule has 1 unspecified atom stereocenters. The molecular weight excluding hydrogens is 457 g/mol. The average Bonchev–Trinajstić information content (AvgIpc) is 3.46. The third kappa shape index (κ3) is 7.15. The molecule has 32 heavy (non-hydrogen) atoms. The fourth-order valence-electron chi connectivity index (χ4n) is 3.18. The van der Waals surface area contributed by atoms with Gasteiger partial charge in [-0.05, 0) is 61.2 Å². The Balaban J connectivity index is 0.000000305. The van der Waals surface area contributed by atoms with E-state index in [1.807, 2.05) is 6.07 Å². The first-order valence-electron chi connectivity index (χ1n) is 10.1. The van der Waals surface area contributed by atoms with Crippen molar-refractivity contribution in [2.24, 2.45) is 0 Å². The summed E-state index contributed by atoms with van der Waals surface area (Å²) in [5.74, 6) is -0.496. The molecular formula is C23H23Cl2NO6. The summed E-state index contributed by atoms with van der Waals surface area (Å²) in [6, 6.07) is 11.6. The highest BCUT2D eigenvalue weighted by atomic mass is 35.5. The Kier molecular flexibility index (Phi) is 8.79. The highest BCUT2D eigenvalue weighted by Crippen LogP contribution is 2.27. The fourth-order valence-corrected chi connectivity index (χ4v) is 3.64. The van der Waals surface area contributed by atoms with Crippen LogP contribution in [-0.4, -0.2) is 35.0 Å². The van der Waals surface area contributed by atoms with Crippen LogP contribution in [-0.2, 0) is 17.7 Å². The smallest absolute Gasteiger partial charge is 0.371 e. The molecule has 4 rings (SSSR count). The van der Waals surface area contributed by atoms with E-state index in [2.05, 4.69) is 4.42 Å². The Morgan fingerprint density at radius 1 is 1.22 bits per heavy atom.